The highest BCUT2D eigenvalue weighted by Gasteiger charge is 2.04. The van der Waals surface area contributed by atoms with Crippen molar-refractivity contribution < 1.29 is 4.74 Å². The molecule has 0 saturated heterocycles. The summed E-state index contributed by atoms with van der Waals surface area (Å²) in [6.45, 7) is 5.59. The van der Waals surface area contributed by atoms with E-state index in [1.807, 2.05) is 0 Å². The Labute approximate surface area is 125 Å². The van der Waals surface area contributed by atoms with Crippen LogP contribution in [0.2, 0.25) is 0 Å². The number of H-pyrrole nitrogens is 1. The Kier molecular flexibility index (Phi) is 4.53. The Hall–Kier alpha value is -1.84. The molecule has 0 aliphatic heterocycles. The number of hydrogen-bond donors (Lipinski definition) is 2. The molecule has 21 heavy (non-hydrogen) atoms. The summed E-state index contributed by atoms with van der Waals surface area (Å²) in [5, 5.41) is 5.85. The molecule has 3 heteroatoms. The molecule has 0 bridgehead atoms. The molecule has 2 N–H and O–H groups in total. The summed E-state index contributed by atoms with van der Waals surface area (Å²) in [6, 6.07) is 15.1. The van der Waals surface area contributed by atoms with E-state index in [1.54, 1.807) is 0 Å². The maximum absolute atomic E-state index is 5.65. The normalized spacial score (nSPS) is 11.5. The number of hydrogen-bond acceptors (Lipinski definition) is 2. The van der Waals surface area contributed by atoms with Crippen molar-refractivity contribution in [3.63, 3.8) is 0 Å². The van der Waals surface area contributed by atoms with Crippen LogP contribution in [0.4, 0.5) is 0 Å². The molecule has 0 fully saturated rings. The summed E-state index contributed by atoms with van der Waals surface area (Å²) in [4.78, 5) is 3.46. The van der Waals surface area contributed by atoms with Crippen LogP contribution in [-0.4, -0.2) is 31.3 Å². The Balaban J connectivity index is 1.68. The van der Waals surface area contributed by atoms with E-state index in [-0.39, 0.29) is 0 Å². The van der Waals surface area contributed by atoms with Crippen LogP contribution >= 0.6 is 0 Å². The topological polar surface area (TPSA) is 37.0 Å². The van der Waals surface area contributed by atoms with E-state index in [0.29, 0.717) is 0 Å². The third-order valence-corrected chi connectivity index (χ3v) is 3.78. The van der Waals surface area contributed by atoms with Gasteiger partial charge in [0.2, 0.25) is 0 Å². The van der Waals surface area contributed by atoms with E-state index < -0.39 is 0 Å². The Morgan fingerprint density at radius 2 is 1.86 bits per heavy atom. The molecule has 1 aromatic heterocycles. The van der Waals surface area contributed by atoms with Crippen molar-refractivity contribution in [1.82, 2.24) is 10.3 Å². The van der Waals surface area contributed by atoms with Crippen LogP contribution in [0.25, 0.3) is 21.8 Å². The fourth-order valence-corrected chi connectivity index (χ4v) is 2.66. The number of benzene rings is 2. The van der Waals surface area contributed by atoms with Gasteiger partial charge in [0.15, 0.2) is 0 Å². The maximum atomic E-state index is 5.65. The van der Waals surface area contributed by atoms with Gasteiger partial charge in [0.25, 0.3) is 0 Å². The third kappa shape index (κ3) is 3.26. The van der Waals surface area contributed by atoms with Crippen LogP contribution in [0, 0.1) is 0 Å². The molecular weight excluding hydrogens is 260 g/mol. The Morgan fingerprint density at radius 3 is 2.76 bits per heavy atom. The predicted molar refractivity (Wildman–Crippen MR) is 88.9 cm³/mol. The molecule has 0 aliphatic carbocycles. The monoisotopic (exact) mass is 282 g/mol. The van der Waals surface area contributed by atoms with E-state index in [1.165, 1.54) is 27.4 Å². The number of rotatable bonds is 7. The van der Waals surface area contributed by atoms with Gasteiger partial charge in [-0.25, -0.2) is 0 Å². The Morgan fingerprint density at radius 1 is 1.00 bits per heavy atom. The van der Waals surface area contributed by atoms with Crippen LogP contribution in [-0.2, 0) is 11.2 Å². The largest absolute Gasteiger partial charge is 0.380 e. The molecule has 0 radical (unpaired) electrons. The molecule has 2 aromatic carbocycles. The first-order valence-corrected chi connectivity index (χ1v) is 7.66. The second kappa shape index (κ2) is 6.74. The second-order valence-corrected chi connectivity index (χ2v) is 5.27. The number of aromatic nitrogens is 1. The third-order valence-electron chi connectivity index (χ3n) is 3.78. The minimum atomic E-state index is 0.777. The van der Waals surface area contributed by atoms with Crippen molar-refractivity contribution in [2.75, 3.05) is 26.3 Å². The number of para-hydroxylation sites is 1. The van der Waals surface area contributed by atoms with Gasteiger partial charge in [-0.05, 0) is 36.7 Å². The van der Waals surface area contributed by atoms with Gasteiger partial charge in [-0.3, -0.25) is 0 Å². The van der Waals surface area contributed by atoms with Gasteiger partial charge in [-0.2, -0.15) is 0 Å². The van der Waals surface area contributed by atoms with E-state index in [0.717, 1.165) is 32.7 Å². The highest BCUT2D eigenvalue weighted by molar-refractivity contribution is 6.07. The zero-order valence-corrected chi connectivity index (χ0v) is 12.5. The number of likely N-dealkylation sites (N-methyl/N-ethyl adjacent to an activating group) is 1. The summed E-state index contributed by atoms with van der Waals surface area (Å²) in [5.41, 5.74) is 3.73. The summed E-state index contributed by atoms with van der Waals surface area (Å²) >= 11 is 0. The van der Waals surface area contributed by atoms with Crippen LogP contribution in [0.5, 0.6) is 0 Å². The van der Waals surface area contributed by atoms with Gasteiger partial charge < -0.3 is 15.0 Å². The van der Waals surface area contributed by atoms with Gasteiger partial charge in [-0.1, -0.05) is 31.2 Å². The maximum Gasteiger partial charge on any atom is 0.0591 e. The van der Waals surface area contributed by atoms with E-state index >= 15 is 0 Å². The minimum absolute atomic E-state index is 0.777. The first kappa shape index (κ1) is 14.1. The Bertz CT molecular complexity index is 717. The van der Waals surface area contributed by atoms with Crippen molar-refractivity contribution in [1.29, 1.82) is 0 Å². The van der Waals surface area contributed by atoms with Gasteiger partial charge in [0, 0.05) is 28.4 Å². The smallest absolute Gasteiger partial charge is 0.0591 e. The first-order valence-electron chi connectivity index (χ1n) is 7.66. The zero-order chi connectivity index (χ0) is 14.5. The number of ether oxygens (including phenoxy) is 1. The number of nitrogens with one attached hydrogen (secondary N) is 2. The summed E-state index contributed by atoms with van der Waals surface area (Å²) < 4.78 is 5.65. The van der Waals surface area contributed by atoms with Crippen LogP contribution in [0.1, 0.15) is 12.5 Å². The fourth-order valence-electron chi connectivity index (χ4n) is 2.66. The van der Waals surface area contributed by atoms with Crippen molar-refractivity contribution >= 4 is 21.8 Å². The average Bonchev–Trinajstić information content (AvgIpc) is 2.89. The van der Waals surface area contributed by atoms with Crippen molar-refractivity contribution in [2.45, 2.75) is 13.3 Å². The molecule has 0 aliphatic rings. The molecule has 0 unspecified atom stereocenters. The van der Waals surface area contributed by atoms with Crippen molar-refractivity contribution in [2.24, 2.45) is 0 Å². The lowest BCUT2D eigenvalue weighted by Gasteiger charge is -2.05. The molecule has 3 rings (SSSR count). The highest BCUT2D eigenvalue weighted by atomic mass is 16.5. The van der Waals surface area contributed by atoms with E-state index in [9.17, 15) is 0 Å². The average molecular weight is 282 g/mol. The standard InChI is InChI=1S/C18H22N2O/c1-2-19-10-12-21-11-9-14-7-8-18-16(13-14)15-5-3-4-6-17(15)20-18/h3-8,13,19-20H,2,9-12H2,1H3. The predicted octanol–water partition coefficient (Wildman–Crippen LogP) is 3.49. The molecule has 0 spiro atoms. The molecule has 110 valence electrons. The molecule has 3 nitrogen and oxygen atoms in total. The summed E-state index contributed by atoms with van der Waals surface area (Å²) in [5.74, 6) is 0. The minimum Gasteiger partial charge on any atom is -0.380 e. The quantitative estimate of drug-likeness (QED) is 0.651. The SMILES string of the molecule is CCNCCOCCc1ccc2[nH]c3ccccc3c2c1. The molecule has 0 atom stereocenters. The second-order valence-electron chi connectivity index (χ2n) is 5.27. The summed E-state index contributed by atoms with van der Waals surface area (Å²) in [6.07, 6.45) is 0.960. The highest BCUT2D eigenvalue weighted by Crippen LogP contribution is 2.26. The fraction of sp³-hybridized carbons (Fsp3) is 0.333. The van der Waals surface area contributed by atoms with E-state index in [2.05, 4.69) is 59.7 Å². The first-order chi connectivity index (χ1) is 10.4. The molecule has 0 amide bonds. The summed E-state index contributed by atoms with van der Waals surface area (Å²) in [7, 11) is 0. The lowest BCUT2D eigenvalue weighted by atomic mass is 10.1. The van der Waals surface area contributed by atoms with Crippen molar-refractivity contribution in [3.05, 3.63) is 48.0 Å². The van der Waals surface area contributed by atoms with Gasteiger partial charge in [-0.15, -0.1) is 0 Å². The lowest BCUT2D eigenvalue weighted by molar-refractivity contribution is 0.139. The van der Waals surface area contributed by atoms with Gasteiger partial charge in [0.1, 0.15) is 0 Å². The van der Waals surface area contributed by atoms with E-state index in [4.69, 9.17) is 4.74 Å². The lowest BCUT2D eigenvalue weighted by Crippen LogP contribution is -2.19. The van der Waals surface area contributed by atoms with Crippen molar-refractivity contribution in [3.8, 4) is 0 Å². The zero-order valence-electron chi connectivity index (χ0n) is 12.5. The number of fused-ring (bicyclic) bond motifs is 3. The molecular formula is C18H22N2O. The van der Waals surface area contributed by atoms with Crippen LogP contribution in [0.3, 0.4) is 0 Å². The molecule has 0 saturated carbocycles. The van der Waals surface area contributed by atoms with Crippen LogP contribution in [0.15, 0.2) is 42.5 Å². The molecule has 1 heterocycles. The molecule has 3 aromatic rings. The number of aromatic amines is 1. The van der Waals surface area contributed by atoms with Gasteiger partial charge >= 0.3 is 0 Å². The van der Waals surface area contributed by atoms with Gasteiger partial charge in [0.05, 0.1) is 13.2 Å². The van der Waals surface area contributed by atoms with Crippen LogP contribution < -0.4 is 5.32 Å².